The summed E-state index contributed by atoms with van der Waals surface area (Å²) in [5.74, 6) is 1.48. The maximum atomic E-state index is 11.0. The lowest BCUT2D eigenvalue weighted by Gasteiger charge is -2.37. The first kappa shape index (κ1) is 16.1. The van der Waals surface area contributed by atoms with Crippen molar-refractivity contribution in [1.29, 1.82) is 0 Å². The number of carbonyl (C=O) groups is 1. The van der Waals surface area contributed by atoms with E-state index >= 15 is 0 Å². The minimum absolute atomic E-state index is 0.0195. The average molecular weight is 294 g/mol. The largest absolute Gasteiger partial charge is 0.475 e. The standard InChI is InChI=1S/C17H26O4/c1-10(2)14-6-5-11(3)7-15(14)20-9-13-8-12(4)16(21-13)17(18)19/h8,10-11,14-15H,5-7,9H2,1-4H3,(H,18,19). The molecule has 1 aromatic heterocycles. The van der Waals surface area contributed by atoms with Crippen LogP contribution >= 0.6 is 0 Å². The fourth-order valence-electron chi connectivity index (χ4n) is 3.33. The quantitative estimate of drug-likeness (QED) is 0.881. The van der Waals surface area contributed by atoms with Crippen LogP contribution in [0, 0.1) is 24.7 Å². The van der Waals surface area contributed by atoms with Crippen LogP contribution in [0.1, 0.15) is 61.9 Å². The molecule has 2 rings (SSSR count). The topological polar surface area (TPSA) is 59.7 Å². The number of hydrogen-bond acceptors (Lipinski definition) is 3. The molecule has 3 atom stereocenters. The van der Waals surface area contributed by atoms with Gasteiger partial charge < -0.3 is 14.3 Å². The molecule has 118 valence electrons. The molecule has 4 nitrogen and oxygen atoms in total. The van der Waals surface area contributed by atoms with Gasteiger partial charge >= 0.3 is 5.97 Å². The third-order valence-electron chi connectivity index (χ3n) is 4.56. The second-order valence-corrected chi connectivity index (χ2v) is 6.71. The van der Waals surface area contributed by atoms with Crippen LogP contribution in [0.3, 0.4) is 0 Å². The molecule has 0 aliphatic heterocycles. The van der Waals surface area contributed by atoms with Gasteiger partial charge in [0.05, 0.1) is 6.10 Å². The van der Waals surface area contributed by atoms with Crippen molar-refractivity contribution in [2.24, 2.45) is 17.8 Å². The molecular formula is C17H26O4. The Morgan fingerprint density at radius 1 is 1.48 bits per heavy atom. The summed E-state index contributed by atoms with van der Waals surface area (Å²) in [7, 11) is 0. The molecule has 1 aliphatic rings. The highest BCUT2D eigenvalue weighted by Crippen LogP contribution is 2.35. The van der Waals surface area contributed by atoms with Crippen molar-refractivity contribution < 1.29 is 19.1 Å². The van der Waals surface area contributed by atoms with Crippen molar-refractivity contribution in [1.82, 2.24) is 0 Å². The predicted octanol–water partition coefficient (Wildman–Crippen LogP) is 4.26. The number of carboxylic acids is 1. The predicted molar refractivity (Wildman–Crippen MR) is 80.3 cm³/mol. The van der Waals surface area contributed by atoms with Gasteiger partial charge in [0.1, 0.15) is 12.4 Å². The Morgan fingerprint density at radius 2 is 2.19 bits per heavy atom. The highest BCUT2D eigenvalue weighted by molar-refractivity contribution is 5.86. The first-order valence-electron chi connectivity index (χ1n) is 7.82. The Labute approximate surface area is 126 Å². The summed E-state index contributed by atoms with van der Waals surface area (Å²) in [6.45, 7) is 8.87. The molecule has 1 fully saturated rings. The van der Waals surface area contributed by atoms with Gasteiger partial charge in [-0.25, -0.2) is 4.79 Å². The summed E-state index contributed by atoms with van der Waals surface area (Å²) in [5.41, 5.74) is 0.651. The molecule has 1 saturated carbocycles. The summed E-state index contributed by atoms with van der Waals surface area (Å²) in [5, 5.41) is 9.01. The zero-order chi connectivity index (χ0) is 15.6. The molecule has 0 spiro atoms. The fourth-order valence-corrected chi connectivity index (χ4v) is 3.33. The van der Waals surface area contributed by atoms with Gasteiger partial charge in [0.2, 0.25) is 5.76 Å². The molecule has 1 N–H and O–H groups in total. The fraction of sp³-hybridized carbons (Fsp3) is 0.706. The summed E-state index contributed by atoms with van der Waals surface area (Å²) < 4.78 is 11.4. The monoisotopic (exact) mass is 294 g/mol. The van der Waals surface area contributed by atoms with Crippen LogP contribution in [-0.2, 0) is 11.3 Å². The van der Waals surface area contributed by atoms with Crippen molar-refractivity contribution in [3.63, 3.8) is 0 Å². The van der Waals surface area contributed by atoms with Gasteiger partial charge in [-0.3, -0.25) is 0 Å². The van der Waals surface area contributed by atoms with Gasteiger partial charge in [-0.15, -0.1) is 0 Å². The van der Waals surface area contributed by atoms with E-state index in [0.29, 0.717) is 35.7 Å². The molecule has 21 heavy (non-hydrogen) atoms. The van der Waals surface area contributed by atoms with Gasteiger partial charge in [-0.2, -0.15) is 0 Å². The Bertz CT molecular complexity index is 489. The molecule has 0 aromatic carbocycles. The average Bonchev–Trinajstić information content (AvgIpc) is 2.77. The maximum absolute atomic E-state index is 11.0. The number of hydrogen-bond donors (Lipinski definition) is 1. The van der Waals surface area contributed by atoms with E-state index in [1.54, 1.807) is 13.0 Å². The Kier molecular flexibility index (Phi) is 5.09. The molecule has 1 heterocycles. The lowest BCUT2D eigenvalue weighted by Crippen LogP contribution is -2.34. The molecule has 1 aromatic rings. The summed E-state index contributed by atoms with van der Waals surface area (Å²) in [6, 6.07) is 1.76. The Balaban J connectivity index is 2.00. The number of carboxylic acid groups (broad SMARTS) is 1. The van der Waals surface area contributed by atoms with Gasteiger partial charge in [-0.1, -0.05) is 27.2 Å². The van der Waals surface area contributed by atoms with E-state index in [1.165, 1.54) is 12.8 Å². The molecule has 0 amide bonds. The zero-order valence-electron chi connectivity index (χ0n) is 13.4. The van der Waals surface area contributed by atoms with Crippen LogP contribution in [0.4, 0.5) is 0 Å². The van der Waals surface area contributed by atoms with Crippen LogP contribution in [0.5, 0.6) is 0 Å². The normalized spacial score (nSPS) is 26.2. The van der Waals surface area contributed by atoms with Crippen molar-refractivity contribution in [3.05, 3.63) is 23.2 Å². The van der Waals surface area contributed by atoms with Crippen molar-refractivity contribution in [3.8, 4) is 0 Å². The minimum Gasteiger partial charge on any atom is -0.475 e. The van der Waals surface area contributed by atoms with Crippen molar-refractivity contribution in [2.75, 3.05) is 0 Å². The Morgan fingerprint density at radius 3 is 2.76 bits per heavy atom. The van der Waals surface area contributed by atoms with E-state index in [1.807, 2.05) is 0 Å². The molecule has 3 unspecified atom stereocenters. The van der Waals surface area contributed by atoms with E-state index < -0.39 is 5.97 Å². The SMILES string of the molecule is Cc1cc(COC2CC(C)CCC2C(C)C)oc1C(=O)O. The van der Waals surface area contributed by atoms with E-state index in [9.17, 15) is 4.79 Å². The minimum atomic E-state index is -1.02. The number of furan rings is 1. The number of ether oxygens (including phenoxy) is 1. The van der Waals surface area contributed by atoms with Gasteiger partial charge in [-0.05, 0) is 43.6 Å². The number of aromatic carboxylic acids is 1. The van der Waals surface area contributed by atoms with E-state index in [4.69, 9.17) is 14.3 Å². The maximum Gasteiger partial charge on any atom is 0.372 e. The van der Waals surface area contributed by atoms with Gasteiger partial charge in [0.25, 0.3) is 0 Å². The lowest BCUT2D eigenvalue weighted by molar-refractivity contribution is -0.0524. The molecule has 0 bridgehead atoms. The van der Waals surface area contributed by atoms with Crippen molar-refractivity contribution in [2.45, 2.75) is 59.7 Å². The van der Waals surface area contributed by atoms with Crippen LogP contribution in [-0.4, -0.2) is 17.2 Å². The first-order chi connectivity index (χ1) is 9.88. The van der Waals surface area contributed by atoms with Crippen LogP contribution in [0.15, 0.2) is 10.5 Å². The second kappa shape index (κ2) is 6.65. The molecule has 4 heteroatoms. The highest BCUT2D eigenvalue weighted by atomic mass is 16.5. The highest BCUT2D eigenvalue weighted by Gasteiger charge is 2.31. The molecule has 0 saturated heterocycles. The summed E-state index contributed by atoms with van der Waals surface area (Å²) >= 11 is 0. The third kappa shape index (κ3) is 3.88. The summed E-state index contributed by atoms with van der Waals surface area (Å²) in [6.07, 6.45) is 3.80. The summed E-state index contributed by atoms with van der Waals surface area (Å²) in [4.78, 5) is 11.0. The van der Waals surface area contributed by atoms with Crippen LogP contribution < -0.4 is 0 Å². The Hall–Kier alpha value is -1.29. The van der Waals surface area contributed by atoms with Crippen LogP contribution in [0.2, 0.25) is 0 Å². The molecular weight excluding hydrogens is 268 g/mol. The third-order valence-corrected chi connectivity index (χ3v) is 4.56. The van der Waals surface area contributed by atoms with E-state index in [2.05, 4.69) is 20.8 Å². The smallest absolute Gasteiger partial charge is 0.372 e. The molecule has 1 aliphatic carbocycles. The van der Waals surface area contributed by atoms with E-state index in [-0.39, 0.29) is 11.9 Å². The zero-order valence-corrected chi connectivity index (χ0v) is 13.4. The second-order valence-electron chi connectivity index (χ2n) is 6.71. The first-order valence-corrected chi connectivity index (χ1v) is 7.82. The van der Waals surface area contributed by atoms with Gasteiger partial charge in [0, 0.05) is 5.56 Å². The lowest BCUT2D eigenvalue weighted by atomic mass is 9.75. The number of rotatable bonds is 5. The number of aryl methyl sites for hydroxylation is 1. The molecule has 0 radical (unpaired) electrons. The van der Waals surface area contributed by atoms with Crippen LogP contribution in [0.25, 0.3) is 0 Å². The van der Waals surface area contributed by atoms with Gasteiger partial charge in [0.15, 0.2) is 0 Å². The van der Waals surface area contributed by atoms with Crippen molar-refractivity contribution >= 4 is 5.97 Å². The van der Waals surface area contributed by atoms with E-state index in [0.717, 1.165) is 6.42 Å².